The van der Waals surface area contributed by atoms with Crippen molar-refractivity contribution in [2.45, 2.75) is 20.3 Å². The topological polar surface area (TPSA) is 63.6 Å². The van der Waals surface area contributed by atoms with Crippen molar-refractivity contribution in [2.75, 3.05) is 0 Å². The number of thiophene rings is 1. The van der Waals surface area contributed by atoms with Crippen LogP contribution in [0.2, 0.25) is 0 Å². The Hall–Kier alpha value is -2.73. The molecule has 1 N–H and O–H groups in total. The number of nitrogens with zero attached hydrogens (tertiary/aromatic N) is 3. The predicted octanol–water partition coefficient (Wildman–Crippen LogP) is 3.71. The zero-order valence-electron chi connectivity index (χ0n) is 13.4. The highest BCUT2D eigenvalue weighted by molar-refractivity contribution is 7.18. The van der Waals surface area contributed by atoms with Crippen LogP contribution in [0, 0.1) is 6.92 Å². The summed E-state index contributed by atoms with van der Waals surface area (Å²) in [6.45, 7) is 4.10. The van der Waals surface area contributed by atoms with E-state index in [1.807, 2.05) is 43.5 Å². The molecule has 0 amide bonds. The van der Waals surface area contributed by atoms with Crippen molar-refractivity contribution >= 4 is 21.6 Å². The van der Waals surface area contributed by atoms with Gasteiger partial charge in [-0.1, -0.05) is 25.1 Å². The molecule has 1 aromatic carbocycles. The summed E-state index contributed by atoms with van der Waals surface area (Å²) in [4.78, 5) is 22.0. The largest absolute Gasteiger partial charge is 0.306 e. The first-order valence-corrected chi connectivity index (χ1v) is 8.61. The number of nitrogens with one attached hydrogen (secondary N) is 1. The van der Waals surface area contributed by atoms with Crippen molar-refractivity contribution in [3.05, 3.63) is 63.5 Å². The van der Waals surface area contributed by atoms with Crippen molar-refractivity contribution in [2.24, 2.45) is 0 Å². The summed E-state index contributed by atoms with van der Waals surface area (Å²) in [5, 5.41) is 5.09. The van der Waals surface area contributed by atoms with E-state index in [1.54, 1.807) is 22.2 Å². The third-order valence-electron chi connectivity index (χ3n) is 4.09. The number of aromatic nitrogens is 4. The molecule has 0 aliphatic rings. The fraction of sp³-hybridized carbons (Fsp3) is 0.167. The summed E-state index contributed by atoms with van der Waals surface area (Å²) >= 11 is 1.57. The molecule has 0 radical (unpaired) electrons. The molecule has 0 atom stereocenters. The standard InChI is InChI=1S/C18H16N4OS/c1-3-14-11(2)24-18-15(14)17(23)20-16(21-18)12-9-19-22(10-12)13-7-5-4-6-8-13/h4-10H,3H2,1-2H3,(H,20,21,23). The first-order valence-electron chi connectivity index (χ1n) is 7.80. The molecule has 0 unspecified atom stereocenters. The summed E-state index contributed by atoms with van der Waals surface area (Å²) in [5.74, 6) is 0.554. The number of aromatic amines is 1. The van der Waals surface area contributed by atoms with Gasteiger partial charge in [-0.2, -0.15) is 5.10 Å². The third-order valence-corrected chi connectivity index (χ3v) is 5.13. The minimum absolute atomic E-state index is 0.0799. The van der Waals surface area contributed by atoms with Gasteiger partial charge < -0.3 is 4.98 Å². The van der Waals surface area contributed by atoms with Crippen LogP contribution in [-0.2, 0) is 6.42 Å². The summed E-state index contributed by atoms with van der Waals surface area (Å²) in [5.41, 5.74) is 2.77. The molecule has 4 rings (SSSR count). The summed E-state index contributed by atoms with van der Waals surface area (Å²) < 4.78 is 1.77. The first kappa shape index (κ1) is 14.8. The average molecular weight is 336 g/mol. The fourth-order valence-electron chi connectivity index (χ4n) is 2.90. The number of rotatable bonds is 3. The lowest BCUT2D eigenvalue weighted by atomic mass is 10.1. The van der Waals surface area contributed by atoms with E-state index in [4.69, 9.17) is 0 Å². The molecule has 6 heteroatoms. The zero-order chi connectivity index (χ0) is 16.7. The van der Waals surface area contributed by atoms with E-state index >= 15 is 0 Å². The molecule has 0 fully saturated rings. The Bertz CT molecular complexity index is 1080. The molecule has 0 aliphatic carbocycles. The molecule has 0 aliphatic heterocycles. The molecule has 3 aromatic heterocycles. The highest BCUT2D eigenvalue weighted by Gasteiger charge is 2.15. The Labute approximate surface area is 142 Å². The zero-order valence-corrected chi connectivity index (χ0v) is 14.2. The van der Waals surface area contributed by atoms with Gasteiger partial charge in [-0.05, 0) is 31.0 Å². The molecule has 0 saturated carbocycles. The Morgan fingerprint density at radius 1 is 1.25 bits per heavy atom. The van der Waals surface area contributed by atoms with Gasteiger partial charge in [0, 0.05) is 11.1 Å². The van der Waals surface area contributed by atoms with Crippen molar-refractivity contribution in [3.63, 3.8) is 0 Å². The maximum Gasteiger partial charge on any atom is 0.260 e. The Morgan fingerprint density at radius 3 is 2.79 bits per heavy atom. The SMILES string of the molecule is CCc1c(C)sc2nc(-c3cnn(-c4ccccc4)c3)[nH]c(=O)c12. The van der Waals surface area contributed by atoms with Crippen molar-refractivity contribution in [1.29, 1.82) is 0 Å². The predicted molar refractivity (Wildman–Crippen MR) is 96.9 cm³/mol. The highest BCUT2D eigenvalue weighted by Crippen LogP contribution is 2.28. The Morgan fingerprint density at radius 2 is 2.04 bits per heavy atom. The molecule has 120 valence electrons. The van der Waals surface area contributed by atoms with Gasteiger partial charge in [0.05, 0.1) is 22.8 Å². The number of benzene rings is 1. The summed E-state index contributed by atoms with van der Waals surface area (Å²) in [7, 11) is 0. The van der Waals surface area contributed by atoms with Gasteiger partial charge in [0.15, 0.2) is 0 Å². The Kier molecular flexibility index (Phi) is 3.54. The van der Waals surface area contributed by atoms with Gasteiger partial charge in [-0.25, -0.2) is 9.67 Å². The molecular weight excluding hydrogens is 320 g/mol. The van der Waals surface area contributed by atoms with Crippen LogP contribution in [0.25, 0.3) is 27.3 Å². The van der Waals surface area contributed by atoms with Crippen molar-refractivity contribution < 1.29 is 0 Å². The lowest BCUT2D eigenvalue weighted by molar-refractivity contribution is 0.880. The lowest BCUT2D eigenvalue weighted by Crippen LogP contribution is -2.09. The van der Waals surface area contributed by atoms with Crippen LogP contribution >= 0.6 is 11.3 Å². The second-order valence-electron chi connectivity index (χ2n) is 5.59. The number of aryl methyl sites for hydroxylation is 2. The second-order valence-corrected chi connectivity index (χ2v) is 6.80. The van der Waals surface area contributed by atoms with Crippen molar-refractivity contribution in [1.82, 2.24) is 19.7 Å². The average Bonchev–Trinajstić information content (AvgIpc) is 3.19. The van der Waals surface area contributed by atoms with Crippen LogP contribution < -0.4 is 5.56 Å². The minimum atomic E-state index is -0.0799. The van der Waals surface area contributed by atoms with Gasteiger partial charge in [0.25, 0.3) is 5.56 Å². The number of hydrogen-bond donors (Lipinski definition) is 1. The van der Waals surface area contributed by atoms with Gasteiger partial charge in [0.1, 0.15) is 10.7 Å². The minimum Gasteiger partial charge on any atom is -0.306 e. The number of para-hydroxylation sites is 1. The van der Waals surface area contributed by atoms with E-state index in [0.29, 0.717) is 5.82 Å². The van der Waals surface area contributed by atoms with Crippen molar-refractivity contribution in [3.8, 4) is 17.1 Å². The van der Waals surface area contributed by atoms with E-state index in [2.05, 4.69) is 22.0 Å². The van der Waals surface area contributed by atoms with E-state index in [9.17, 15) is 4.79 Å². The normalized spacial score (nSPS) is 11.2. The summed E-state index contributed by atoms with van der Waals surface area (Å²) in [6, 6.07) is 9.84. The smallest absolute Gasteiger partial charge is 0.260 e. The maximum absolute atomic E-state index is 12.5. The highest BCUT2D eigenvalue weighted by atomic mass is 32.1. The molecule has 0 bridgehead atoms. The number of fused-ring (bicyclic) bond motifs is 1. The van der Waals surface area contributed by atoms with Gasteiger partial charge in [0.2, 0.25) is 0 Å². The van der Waals surface area contributed by atoms with Crippen LogP contribution in [0.4, 0.5) is 0 Å². The van der Waals surface area contributed by atoms with Gasteiger partial charge in [-0.3, -0.25) is 4.79 Å². The quantitative estimate of drug-likeness (QED) is 0.620. The maximum atomic E-state index is 12.5. The van der Waals surface area contributed by atoms with E-state index < -0.39 is 0 Å². The van der Waals surface area contributed by atoms with E-state index in [0.717, 1.165) is 38.3 Å². The van der Waals surface area contributed by atoms with Crippen LogP contribution in [0.5, 0.6) is 0 Å². The molecule has 3 heterocycles. The van der Waals surface area contributed by atoms with E-state index in [1.165, 1.54) is 0 Å². The Balaban J connectivity index is 1.83. The number of hydrogen-bond acceptors (Lipinski definition) is 4. The molecular formula is C18H16N4OS. The number of H-pyrrole nitrogens is 1. The summed E-state index contributed by atoms with van der Waals surface area (Å²) in [6.07, 6.45) is 4.43. The van der Waals surface area contributed by atoms with Crippen LogP contribution in [0.3, 0.4) is 0 Å². The first-order chi connectivity index (χ1) is 11.7. The lowest BCUT2D eigenvalue weighted by Gasteiger charge is -2.00. The van der Waals surface area contributed by atoms with Gasteiger partial charge in [-0.15, -0.1) is 11.3 Å². The molecule has 24 heavy (non-hydrogen) atoms. The molecule has 0 saturated heterocycles. The van der Waals surface area contributed by atoms with Crippen LogP contribution in [0.15, 0.2) is 47.5 Å². The van der Waals surface area contributed by atoms with E-state index in [-0.39, 0.29) is 5.56 Å². The van der Waals surface area contributed by atoms with Crippen LogP contribution in [-0.4, -0.2) is 19.7 Å². The molecule has 5 nitrogen and oxygen atoms in total. The monoisotopic (exact) mass is 336 g/mol. The molecule has 0 spiro atoms. The van der Waals surface area contributed by atoms with Gasteiger partial charge >= 0.3 is 0 Å². The van der Waals surface area contributed by atoms with Crippen LogP contribution in [0.1, 0.15) is 17.4 Å². The fourth-order valence-corrected chi connectivity index (χ4v) is 4.02. The molecule has 4 aromatic rings. The third kappa shape index (κ3) is 2.35. The second kappa shape index (κ2) is 5.72.